The van der Waals surface area contributed by atoms with Gasteiger partial charge in [0.05, 0.1) is 0 Å². The molecular weight excluding hydrogens is 165 g/mol. The monoisotopic (exact) mass is 168 g/mol. The number of alkyl halides is 1. The number of carbonyl (C=O) groups excluding carboxylic acids is 1. The van der Waals surface area contributed by atoms with Gasteiger partial charge >= 0.3 is 56.7 Å². The molecule has 0 rings (SSSR count). The van der Waals surface area contributed by atoms with Crippen LogP contribution in [0.5, 0.6) is 0 Å². The fraction of sp³-hybridized carbons (Fsp3) is 0.500. The van der Waals surface area contributed by atoms with Crippen LogP contribution in [0.25, 0.3) is 0 Å². The molecule has 0 aromatic carbocycles. The maximum atomic E-state index is 12.0. The van der Waals surface area contributed by atoms with Crippen molar-refractivity contribution in [1.82, 2.24) is 0 Å². The Labute approximate surface area is 57.5 Å². The first kappa shape index (κ1) is 8.90. The molecule has 0 radical (unpaired) electrons. The summed E-state index contributed by atoms with van der Waals surface area (Å²) in [6, 6.07) is 0. The summed E-state index contributed by atoms with van der Waals surface area (Å²) in [7, 11) is -0.406. The first-order chi connectivity index (χ1) is 4.18. The Bertz CT molecular complexity index is 198. The molecule has 0 aliphatic carbocycles. The van der Waals surface area contributed by atoms with Crippen molar-refractivity contribution >= 4 is 24.8 Å². The SMILES string of the molecule is O=P#CCC(F)C(=O)Cl. The van der Waals surface area contributed by atoms with Crippen LogP contribution >= 0.6 is 19.5 Å². The zero-order valence-electron chi connectivity index (χ0n) is 4.30. The molecule has 1 atom stereocenters. The van der Waals surface area contributed by atoms with Gasteiger partial charge in [-0.1, -0.05) is 0 Å². The van der Waals surface area contributed by atoms with Crippen molar-refractivity contribution in [1.29, 1.82) is 0 Å². The predicted molar refractivity (Wildman–Crippen MR) is 31.9 cm³/mol. The molecule has 0 saturated heterocycles. The van der Waals surface area contributed by atoms with Crippen molar-refractivity contribution in [2.24, 2.45) is 0 Å². The maximum absolute atomic E-state index is 12.0. The molecule has 1 unspecified atom stereocenters. The molecule has 50 valence electrons. The number of hydrogen-bond donors (Lipinski definition) is 0. The fourth-order valence-electron chi connectivity index (χ4n) is 0.198. The van der Waals surface area contributed by atoms with E-state index in [1.807, 2.05) is 0 Å². The van der Waals surface area contributed by atoms with Crippen LogP contribution < -0.4 is 0 Å². The van der Waals surface area contributed by atoms with Crippen LogP contribution in [-0.2, 0) is 9.36 Å². The number of rotatable bonds is 2. The van der Waals surface area contributed by atoms with E-state index in [0.29, 0.717) is 0 Å². The van der Waals surface area contributed by atoms with Crippen molar-refractivity contribution in [3.8, 4) is 5.63 Å². The molecule has 0 aromatic heterocycles. The minimum absolute atomic E-state index is 0.312. The Hall–Kier alpha value is -0.100. The first-order valence-corrected chi connectivity index (χ1v) is 3.26. The van der Waals surface area contributed by atoms with Gasteiger partial charge < -0.3 is 0 Å². The third-order valence-electron chi connectivity index (χ3n) is 0.581. The van der Waals surface area contributed by atoms with E-state index in [1.165, 1.54) is 0 Å². The van der Waals surface area contributed by atoms with Gasteiger partial charge in [0, 0.05) is 0 Å². The standard InChI is InChI=1S/C4H3ClFO2P/c5-4(7)3(6)1-2-9-8/h3H,1H2. The van der Waals surface area contributed by atoms with E-state index >= 15 is 0 Å². The van der Waals surface area contributed by atoms with E-state index in [1.54, 1.807) is 0 Å². The van der Waals surface area contributed by atoms with E-state index < -0.39 is 19.3 Å². The van der Waals surface area contributed by atoms with E-state index in [0.717, 1.165) is 0 Å². The van der Waals surface area contributed by atoms with Crippen molar-refractivity contribution in [2.75, 3.05) is 0 Å². The zero-order chi connectivity index (χ0) is 7.28. The number of hydrogen-bond acceptors (Lipinski definition) is 2. The quantitative estimate of drug-likeness (QED) is 0.465. The number of halogens is 2. The van der Waals surface area contributed by atoms with Crippen molar-refractivity contribution < 1.29 is 13.8 Å². The van der Waals surface area contributed by atoms with Gasteiger partial charge in [-0.3, -0.25) is 0 Å². The van der Waals surface area contributed by atoms with Gasteiger partial charge in [0.1, 0.15) is 0 Å². The molecule has 0 N–H and O–H groups in total. The summed E-state index contributed by atoms with van der Waals surface area (Å²) in [6.45, 7) is 0. The van der Waals surface area contributed by atoms with Gasteiger partial charge in [0.25, 0.3) is 0 Å². The second-order valence-corrected chi connectivity index (χ2v) is 2.10. The Kier molecular flexibility index (Phi) is 4.70. The minimum atomic E-state index is -1.77. The van der Waals surface area contributed by atoms with Gasteiger partial charge in [0.15, 0.2) is 0 Å². The van der Waals surface area contributed by atoms with Gasteiger partial charge in [-0.25, -0.2) is 0 Å². The van der Waals surface area contributed by atoms with Crippen molar-refractivity contribution in [3.63, 3.8) is 0 Å². The van der Waals surface area contributed by atoms with Gasteiger partial charge in [0.2, 0.25) is 0 Å². The fourth-order valence-corrected chi connectivity index (χ4v) is 0.510. The van der Waals surface area contributed by atoms with Crippen LogP contribution in [0.15, 0.2) is 0 Å². The van der Waals surface area contributed by atoms with Crippen molar-refractivity contribution in [3.05, 3.63) is 0 Å². The first-order valence-electron chi connectivity index (χ1n) is 2.07. The molecule has 9 heavy (non-hydrogen) atoms. The third kappa shape index (κ3) is 4.41. The topological polar surface area (TPSA) is 34.1 Å². The van der Waals surface area contributed by atoms with E-state index in [2.05, 4.69) is 5.63 Å². The van der Waals surface area contributed by atoms with E-state index in [4.69, 9.17) is 11.6 Å². The Morgan fingerprint density at radius 1 is 1.89 bits per heavy atom. The van der Waals surface area contributed by atoms with Crippen LogP contribution in [0.4, 0.5) is 4.39 Å². The van der Waals surface area contributed by atoms with Crippen LogP contribution in [-0.4, -0.2) is 11.4 Å². The summed E-state index contributed by atoms with van der Waals surface area (Å²) in [5, 5.41) is -1.08. The summed E-state index contributed by atoms with van der Waals surface area (Å²) in [5.74, 6) is 0. The van der Waals surface area contributed by atoms with E-state index in [-0.39, 0.29) is 6.42 Å². The second kappa shape index (κ2) is 4.75. The summed E-state index contributed by atoms with van der Waals surface area (Å²) in [4.78, 5) is 9.89. The normalized spacial score (nSPS) is 11.8. The average molecular weight is 168 g/mol. The second-order valence-electron chi connectivity index (χ2n) is 1.23. The molecule has 0 spiro atoms. The molecule has 0 amide bonds. The van der Waals surface area contributed by atoms with Gasteiger partial charge in [-0.05, 0) is 0 Å². The van der Waals surface area contributed by atoms with Gasteiger partial charge in [-0.15, -0.1) is 0 Å². The Morgan fingerprint density at radius 2 is 2.44 bits per heavy atom. The average Bonchev–Trinajstić information content (AvgIpc) is 1.82. The third-order valence-corrected chi connectivity index (χ3v) is 1.13. The van der Waals surface area contributed by atoms with Crippen LogP contribution in [0.1, 0.15) is 6.42 Å². The van der Waals surface area contributed by atoms with Crippen LogP contribution in [0, 0.1) is 5.63 Å². The summed E-state index contributed by atoms with van der Waals surface area (Å²) in [6.07, 6.45) is -2.08. The van der Waals surface area contributed by atoms with Crippen LogP contribution in [0.2, 0.25) is 0 Å². The number of carbonyl (C=O) groups is 1. The van der Waals surface area contributed by atoms with Crippen LogP contribution in [0.3, 0.4) is 0 Å². The van der Waals surface area contributed by atoms with Crippen molar-refractivity contribution in [2.45, 2.75) is 12.6 Å². The summed E-state index contributed by atoms with van der Waals surface area (Å²) in [5.41, 5.74) is 2.07. The van der Waals surface area contributed by atoms with Gasteiger partial charge in [-0.2, -0.15) is 0 Å². The molecular formula is C4H3ClFO2P. The summed E-state index contributed by atoms with van der Waals surface area (Å²) >= 11 is 4.70. The molecule has 0 fully saturated rings. The zero-order valence-corrected chi connectivity index (χ0v) is 5.95. The molecule has 0 heterocycles. The molecule has 0 aliphatic rings. The Morgan fingerprint density at radius 3 is 2.78 bits per heavy atom. The Balaban J connectivity index is 3.72. The molecule has 0 aromatic rings. The molecule has 0 saturated carbocycles. The molecule has 0 aliphatic heterocycles. The molecule has 0 bridgehead atoms. The summed E-state index contributed by atoms with van der Waals surface area (Å²) < 4.78 is 21.6. The molecule has 5 heteroatoms. The molecule has 2 nitrogen and oxygen atoms in total. The van der Waals surface area contributed by atoms with E-state index in [9.17, 15) is 13.8 Å². The predicted octanol–water partition coefficient (Wildman–Crippen LogP) is 1.73.